The normalized spacial score (nSPS) is 28.5. The number of nitrogens with zero attached hydrogens (tertiary/aromatic N) is 3. The maximum Gasteiger partial charge on any atom is 0.255 e. The van der Waals surface area contributed by atoms with Crippen LogP contribution in [-0.2, 0) is 9.53 Å². The number of hydrogen-bond donors (Lipinski definition) is 0. The van der Waals surface area contributed by atoms with Crippen molar-refractivity contribution in [3.63, 3.8) is 0 Å². The Kier molecular flexibility index (Phi) is 3.97. The zero-order valence-corrected chi connectivity index (χ0v) is 16.8. The van der Waals surface area contributed by atoms with Crippen LogP contribution in [0, 0.1) is 18.7 Å². The number of rotatable bonds is 2. The van der Waals surface area contributed by atoms with Crippen LogP contribution in [0.3, 0.4) is 0 Å². The summed E-state index contributed by atoms with van der Waals surface area (Å²) < 4.78 is 19.9. The zero-order chi connectivity index (χ0) is 20.5. The molecule has 5 rings (SSSR count). The van der Waals surface area contributed by atoms with Gasteiger partial charge in [0.25, 0.3) is 5.91 Å². The van der Waals surface area contributed by atoms with Crippen LogP contribution in [0.25, 0.3) is 10.9 Å². The van der Waals surface area contributed by atoms with Gasteiger partial charge in [-0.2, -0.15) is 0 Å². The van der Waals surface area contributed by atoms with Crippen molar-refractivity contribution in [2.24, 2.45) is 5.92 Å². The number of amides is 2. The van der Waals surface area contributed by atoms with Crippen LogP contribution >= 0.6 is 0 Å². The van der Waals surface area contributed by atoms with E-state index in [-0.39, 0.29) is 36.1 Å². The fourth-order valence-electron chi connectivity index (χ4n) is 5.28. The molecule has 2 aromatic rings. The highest BCUT2D eigenvalue weighted by Crippen LogP contribution is 2.49. The molecule has 7 heteroatoms. The number of likely N-dealkylation sites (tertiary alicyclic amines) is 1. The first kappa shape index (κ1) is 18.5. The Morgan fingerprint density at radius 1 is 1.34 bits per heavy atom. The van der Waals surface area contributed by atoms with Crippen LogP contribution in [0.5, 0.6) is 0 Å². The monoisotopic (exact) mass is 397 g/mol. The summed E-state index contributed by atoms with van der Waals surface area (Å²) in [6, 6.07) is 5.79. The van der Waals surface area contributed by atoms with Gasteiger partial charge < -0.3 is 14.5 Å². The highest BCUT2D eigenvalue weighted by molar-refractivity contribution is 6.06. The Bertz CT molecular complexity index is 1030. The van der Waals surface area contributed by atoms with Gasteiger partial charge in [0.1, 0.15) is 5.82 Å². The molecule has 0 bridgehead atoms. The molecule has 1 spiro atoms. The topological polar surface area (TPSA) is 62.7 Å². The third kappa shape index (κ3) is 2.53. The number of carbonyl (C=O) groups excluding carboxylic acids is 2. The Labute approximate surface area is 168 Å². The van der Waals surface area contributed by atoms with Crippen LogP contribution in [0.1, 0.15) is 42.7 Å². The molecule has 1 aromatic carbocycles. The summed E-state index contributed by atoms with van der Waals surface area (Å²) in [6.45, 7) is 7.02. The van der Waals surface area contributed by atoms with Crippen molar-refractivity contribution in [2.45, 2.75) is 51.4 Å². The van der Waals surface area contributed by atoms with Crippen molar-refractivity contribution < 1.29 is 18.7 Å². The van der Waals surface area contributed by atoms with Gasteiger partial charge in [0.05, 0.1) is 36.2 Å². The van der Waals surface area contributed by atoms with Crippen molar-refractivity contribution in [3.05, 3.63) is 41.3 Å². The quantitative estimate of drug-likeness (QED) is 0.782. The molecule has 152 valence electrons. The molecule has 0 aliphatic carbocycles. The summed E-state index contributed by atoms with van der Waals surface area (Å²) in [5.41, 5.74) is 0.907. The summed E-state index contributed by atoms with van der Waals surface area (Å²) in [7, 11) is 0. The summed E-state index contributed by atoms with van der Waals surface area (Å²) in [4.78, 5) is 34.5. The Morgan fingerprint density at radius 2 is 2.14 bits per heavy atom. The molecule has 0 saturated carbocycles. The van der Waals surface area contributed by atoms with E-state index in [0.29, 0.717) is 47.7 Å². The van der Waals surface area contributed by atoms with Crippen molar-refractivity contribution in [1.29, 1.82) is 0 Å². The third-order valence-corrected chi connectivity index (χ3v) is 6.65. The van der Waals surface area contributed by atoms with E-state index in [0.717, 1.165) is 0 Å². The second kappa shape index (κ2) is 6.23. The van der Waals surface area contributed by atoms with E-state index >= 15 is 0 Å². The molecular weight excluding hydrogens is 373 g/mol. The van der Waals surface area contributed by atoms with Crippen molar-refractivity contribution in [1.82, 2.24) is 14.8 Å². The molecule has 0 unspecified atom stereocenters. The van der Waals surface area contributed by atoms with E-state index in [4.69, 9.17) is 4.74 Å². The first-order chi connectivity index (χ1) is 13.8. The lowest BCUT2D eigenvalue weighted by molar-refractivity contribution is -0.139. The number of benzene rings is 1. The zero-order valence-electron chi connectivity index (χ0n) is 16.8. The average Bonchev–Trinajstić information content (AvgIpc) is 3.29. The minimum absolute atomic E-state index is 0.0505. The molecule has 0 N–H and O–H groups in total. The molecule has 29 heavy (non-hydrogen) atoms. The van der Waals surface area contributed by atoms with Crippen LogP contribution in [0.2, 0.25) is 0 Å². The summed E-state index contributed by atoms with van der Waals surface area (Å²) in [6.07, 6.45) is 0.903. The third-order valence-electron chi connectivity index (χ3n) is 6.65. The molecule has 3 aliphatic heterocycles. The second-order valence-corrected chi connectivity index (χ2v) is 8.67. The Balaban J connectivity index is 1.53. The van der Waals surface area contributed by atoms with Crippen LogP contribution in [0.15, 0.2) is 24.3 Å². The number of aromatic nitrogens is 1. The molecule has 3 fully saturated rings. The Morgan fingerprint density at radius 3 is 2.90 bits per heavy atom. The summed E-state index contributed by atoms with van der Waals surface area (Å²) >= 11 is 0. The minimum atomic E-state index is -0.703. The van der Waals surface area contributed by atoms with E-state index in [1.54, 1.807) is 24.0 Å². The predicted molar refractivity (Wildman–Crippen MR) is 105 cm³/mol. The van der Waals surface area contributed by atoms with Gasteiger partial charge in [-0.1, -0.05) is 13.8 Å². The number of aryl methyl sites for hydroxylation is 1. The van der Waals surface area contributed by atoms with E-state index in [1.165, 1.54) is 12.1 Å². The molecular formula is C22H24FN3O3. The lowest BCUT2D eigenvalue weighted by Gasteiger charge is -2.34. The maximum absolute atomic E-state index is 13.7. The van der Waals surface area contributed by atoms with Gasteiger partial charge >= 0.3 is 0 Å². The van der Waals surface area contributed by atoms with E-state index < -0.39 is 5.72 Å². The molecule has 3 aliphatic rings. The lowest BCUT2D eigenvalue weighted by Crippen LogP contribution is -2.51. The SMILES string of the molecule is Cc1cc(C(=O)N2CC[C@@]34OC[C@@H](C(C)C)N3C(=O)C[C@@H]24)c2ccc(F)cc2n1. The largest absolute Gasteiger partial charge is 0.351 e. The average molecular weight is 397 g/mol. The first-order valence-corrected chi connectivity index (χ1v) is 10.2. The second-order valence-electron chi connectivity index (χ2n) is 8.67. The molecule has 6 nitrogen and oxygen atoms in total. The summed E-state index contributed by atoms with van der Waals surface area (Å²) in [5, 5.41) is 0.622. The number of fused-ring (bicyclic) bond motifs is 1. The van der Waals surface area contributed by atoms with Gasteiger partial charge in [-0.15, -0.1) is 0 Å². The Hall–Kier alpha value is -2.54. The van der Waals surface area contributed by atoms with Gasteiger partial charge in [0, 0.05) is 30.1 Å². The molecule has 4 heterocycles. The number of halogens is 1. The van der Waals surface area contributed by atoms with Crippen molar-refractivity contribution in [3.8, 4) is 0 Å². The van der Waals surface area contributed by atoms with E-state index in [2.05, 4.69) is 18.8 Å². The molecule has 3 atom stereocenters. The van der Waals surface area contributed by atoms with Gasteiger partial charge in [-0.3, -0.25) is 14.6 Å². The van der Waals surface area contributed by atoms with Crippen molar-refractivity contribution >= 4 is 22.7 Å². The van der Waals surface area contributed by atoms with Crippen LogP contribution in [0.4, 0.5) is 4.39 Å². The van der Waals surface area contributed by atoms with Crippen LogP contribution in [-0.4, -0.2) is 57.6 Å². The van der Waals surface area contributed by atoms with E-state index in [9.17, 15) is 14.0 Å². The fourth-order valence-corrected chi connectivity index (χ4v) is 5.28. The maximum atomic E-state index is 13.7. The molecule has 2 amide bonds. The van der Waals surface area contributed by atoms with Gasteiger partial charge in [-0.05, 0) is 31.0 Å². The predicted octanol–water partition coefficient (Wildman–Crippen LogP) is 2.88. The number of ether oxygens (including phenoxy) is 1. The molecule has 1 aromatic heterocycles. The first-order valence-electron chi connectivity index (χ1n) is 10.2. The molecule has 3 saturated heterocycles. The standard InChI is InChI=1S/C22H24FN3O3/c1-12(2)18-11-29-22-6-7-25(19(22)10-20(27)26(18)22)21(28)16-8-13(3)24-17-9-14(23)4-5-15(16)17/h4-5,8-9,12,18-19H,6-7,10-11H2,1-3H3/t18-,19+,22-/m0/s1. The van der Waals surface area contributed by atoms with E-state index in [1.807, 2.05) is 4.90 Å². The number of carbonyl (C=O) groups is 2. The summed E-state index contributed by atoms with van der Waals surface area (Å²) in [5.74, 6) is -0.185. The van der Waals surface area contributed by atoms with Crippen LogP contribution < -0.4 is 0 Å². The minimum Gasteiger partial charge on any atom is -0.351 e. The number of pyridine rings is 1. The van der Waals surface area contributed by atoms with Gasteiger partial charge in [-0.25, -0.2) is 4.39 Å². The number of hydrogen-bond acceptors (Lipinski definition) is 4. The fraction of sp³-hybridized carbons (Fsp3) is 0.500. The van der Waals surface area contributed by atoms with Gasteiger partial charge in [0.15, 0.2) is 5.72 Å². The smallest absolute Gasteiger partial charge is 0.255 e. The van der Waals surface area contributed by atoms with Crippen molar-refractivity contribution in [2.75, 3.05) is 13.2 Å². The molecule has 0 radical (unpaired) electrons. The van der Waals surface area contributed by atoms with Gasteiger partial charge in [0.2, 0.25) is 5.91 Å². The lowest BCUT2D eigenvalue weighted by atomic mass is 10.0. The highest BCUT2D eigenvalue weighted by Gasteiger charge is 2.65. The highest BCUT2D eigenvalue weighted by atomic mass is 19.1.